The summed E-state index contributed by atoms with van der Waals surface area (Å²) in [5.74, 6) is 0. The first-order valence-corrected chi connectivity index (χ1v) is 7.12. The van der Waals surface area contributed by atoms with Crippen LogP contribution in [0.5, 0.6) is 0 Å². The highest BCUT2D eigenvalue weighted by molar-refractivity contribution is 5.85. The third-order valence-corrected chi connectivity index (χ3v) is 3.80. The molecule has 106 valence electrons. The van der Waals surface area contributed by atoms with Gasteiger partial charge < -0.3 is 0 Å². The van der Waals surface area contributed by atoms with Gasteiger partial charge in [-0.05, 0) is 42.3 Å². The number of benzene rings is 1. The summed E-state index contributed by atoms with van der Waals surface area (Å²) in [5, 5.41) is 5.62. The second-order valence-electron chi connectivity index (χ2n) is 5.23. The number of aryl methyl sites for hydroxylation is 1. The SMILES string of the molecule is Cc1ccncc1-n1ncc2cc(-c3cccnc3)ccc21. The molecule has 0 saturated carbocycles. The van der Waals surface area contributed by atoms with Gasteiger partial charge in [0.25, 0.3) is 0 Å². The Labute approximate surface area is 128 Å². The van der Waals surface area contributed by atoms with Gasteiger partial charge in [-0.1, -0.05) is 12.1 Å². The van der Waals surface area contributed by atoms with Crippen molar-refractivity contribution in [3.63, 3.8) is 0 Å². The van der Waals surface area contributed by atoms with Crippen LogP contribution in [0.3, 0.4) is 0 Å². The molecular formula is C18H14N4. The van der Waals surface area contributed by atoms with Gasteiger partial charge >= 0.3 is 0 Å². The van der Waals surface area contributed by atoms with Crippen LogP contribution < -0.4 is 0 Å². The number of aromatic nitrogens is 4. The smallest absolute Gasteiger partial charge is 0.0865 e. The molecule has 1 aromatic carbocycles. The van der Waals surface area contributed by atoms with Gasteiger partial charge in [-0.15, -0.1) is 0 Å². The normalized spacial score (nSPS) is 11.0. The molecule has 0 bridgehead atoms. The second kappa shape index (κ2) is 5.07. The van der Waals surface area contributed by atoms with E-state index in [1.165, 1.54) is 0 Å². The summed E-state index contributed by atoms with van der Waals surface area (Å²) in [5.41, 5.74) is 5.48. The van der Waals surface area contributed by atoms with Gasteiger partial charge in [0, 0.05) is 29.5 Å². The number of rotatable bonds is 2. The second-order valence-corrected chi connectivity index (χ2v) is 5.23. The molecule has 0 unspecified atom stereocenters. The quantitative estimate of drug-likeness (QED) is 0.563. The van der Waals surface area contributed by atoms with Gasteiger partial charge in [0.2, 0.25) is 0 Å². The number of hydrogen-bond acceptors (Lipinski definition) is 3. The van der Waals surface area contributed by atoms with Crippen molar-refractivity contribution < 1.29 is 0 Å². The Morgan fingerprint density at radius 2 is 1.77 bits per heavy atom. The number of hydrogen-bond donors (Lipinski definition) is 0. The average Bonchev–Trinajstić information content (AvgIpc) is 2.99. The largest absolute Gasteiger partial charge is 0.264 e. The lowest BCUT2D eigenvalue weighted by Crippen LogP contribution is -1.99. The number of fused-ring (bicyclic) bond motifs is 1. The zero-order chi connectivity index (χ0) is 14.9. The van der Waals surface area contributed by atoms with Crippen LogP contribution in [-0.4, -0.2) is 19.7 Å². The van der Waals surface area contributed by atoms with E-state index >= 15 is 0 Å². The van der Waals surface area contributed by atoms with E-state index in [9.17, 15) is 0 Å². The maximum absolute atomic E-state index is 4.52. The predicted molar refractivity (Wildman–Crippen MR) is 86.8 cm³/mol. The zero-order valence-corrected chi connectivity index (χ0v) is 12.1. The molecule has 0 aliphatic heterocycles. The summed E-state index contributed by atoms with van der Waals surface area (Å²) in [4.78, 5) is 8.38. The minimum absolute atomic E-state index is 1.01. The monoisotopic (exact) mass is 286 g/mol. The highest BCUT2D eigenvalue weighted by Crippen LogP contribution is 2.25. The molecule has 0 saturated heterocycles. The molecule has 0 amide bonds. The van der Waals surface area contributed by atoms with Crippen molar-refractivity contribution in [1.82, 2.24) is 19.7 Å². The lowest BCUT2D eigenvalue weighted by Gasteiger charge is -2.07. The molecule has 0 aliphatic rings. The van der Waals surface area contributed by atoms with Crippen LogP contribution in [0.4, 0.5) is 0 Å². The Morgan fingerprint density at radius 1 is 0.864 bits per heavy atom. The van der Waals surface area contributed by atoms with Crippen molar-refractivity contribution in [3.05, 3.63) is 72.9 Å². The first-order valence-electron chi connectivity index (χ1n) is 7.12. The summed E-state index contributed by atoms with van der Waals surface area (Å²) in [6.07, 6.45) is 9.19. The Morgan fingerprint density at radius 3 is 2.59 bits per heavy atom. The Balaban J connectivity index is 1.87. The van der Waals surface area contributed by atoms with Crippen LogP contribution in [0.2, 0.25) is 0 Å². The third-order valence-electron chi connectivity index (χ3n) is 3.80. The molecule has 0 fully saturated rings. The van der Waals surface area contributed by atoms with Gasteiger partial charge in [0.1, 0.15) is 0 Å². The maximum Gasteiger partial charge on any atom is 0.0865 e. The lowest BCUT2D eigenvalue weighted by atomic mass is 10.1. The van der Waals surface area contributed by atoms with Crippen molar-refractivity contribution in [2.24, 2.45) is 0 Å². The van der Waals surface area contributed by atoms with Crippen molar-refractivity contribution in [3.8, 4) is 16.8 Å². The van der Waals surface area contributed by atoms with E-state index < -0.39 is 0 Å². The molecule has 4 heteroatoms. The fraction of sp³-hybridized carbons (Fsp3) is 0.0556. The maximum atomic E-state index is 4.52. The van der Waals surface area contributed by atoms with Crippen molar-refractivity contribution in [1.29, 1.82) is 0 Å². The van der Waals surface area contributed by atoms with E-state index in [1.807, 2.05) is 35.4 Å². The van der Waals surface area contributed by atoms with Crippen LogP contribution in [0, 0.1) is 6.92 Å². The first kappa shape index (κ1) is 12.7. The van der Waals surface area contributed by atoms with Crippen LogP contribution in [0.25, 0.3) is 27.7 Å². The topological polar surface area (TPSA) is 43.6 Å². The van der Waals surface area contributed by atoms with Crippen molar-refractivity contribution in [2.45, 2.75) is 6.92 Å². The molecule has 3 aromatic heterocycles. The van der Waals surface area contributed by atoms with Crippen LogP contribution in [0.1, 0.15) is 5.56 Å². The van der Waals surface area contributed by atoms with E-state index in [1.54, 1.807) is 12.4 Å². The van der Waals surface area contributed by atoms with Gasteiger partial charge in [-0.25, -0.2) is 4.68 Å². The molecule has 0 spiro atoms. The van der Waals surface area contributed by atoms with Crippen molar-refractivity contribution >= 4 is 10.9 Å². The molecule has 0 radical (unpaired) electrons. The molecule has 3 heterocycles. The molecular weight excluding hydrogens is 272 g/mol. The molecule has 0 N–H and O–H groups in total. The van der Waals surface area contributed by atoms with E-state index in [2.05, 4.69) is 46.3 Å². The molecule has 4 nitrogen and oxygen atoms in total. The minimum atomic E-state index is 1.01. The van der Waals surface area contributed by atoms with Crippen LogP contribution in [-0.2, 0) is 0 Å². The summed E-state index contributed by atoms with van der Waals surface area (Å²) >= 11 is 0. The van der Waals surface area contributed by atoms with E-state index in [0.29, 0.717) is 0 Å². The lowest BCUT2D eigenvalue weighted by molar-refractivity contribution is 0.894. The summed E-state index contributed by atoms with van der Waals surface area (Å²) < 4.78 is 1.94. The van der Waals surface area contributed by atoms with Gasteiger partial charge in [0.05, 0.1) is 23.6 Å². The van der Waals surface area contributed by atoms with Crippen molar-refractivity contribution in [2.75, 3.05) is 0 Å². The molecule has 4 rings (SSSR count). The zero-order valence-electron chi connectivity index (χ0n) is 12.1. The summed E-state index contributed by atoms with van der Waals surface area (Å²) in [6.45, 7) is 2.06. The molecule has 0 atom stereocenters. The van der Waals surface area contributed by atoms with Gasteiger partial charge in [0.15, 0.2) is 0 Å². The molecule has 4 aromatic rings. The molecule has 22 heavy (non-hydrogen) atoms. The fourth-order valence-corrected chi connectivity index (χ4v) is 2.62. The standard InChI is InChI=1S/C18H14N4/c1-13-6-8-20-12-18(13)22-17-5-4-14(9-16(17)11-21-22)15-3-2-7-19-10-15/h2-12H,1H3. The van der Waals surface area contributed by atoms with E-state index in [4.69, 9.17) is 0 Å². The first-order chi connectivity index (χ1) is 10.8. The Kier molecular flexibility index (Phi) is 2.93. The highest BCUT2D eigenvalue weighted by Gasteiger charge is 2.08. The molecule has 0 aliphatic carbocycles. The van der Waals surface area contributed by atoms with E-state index in [0.717, 1.165) is 33.3 Å². The third kappa shape index (κ3) is 2.05. The van der Waals surface area contributed by atoms with Crippen LogP contribution >= 0.6 is 0 Å². The Hall–Kier alpha value is -3.01. The number of pyridine rings is 2. The fourth-order valence-electron chi connectivity index (χ4n) is 2.62. The van der Waals surface area contributed by atoms with E-state index in [-0.39, 0.29) is 0 Å². The summed E-state index contributed by atoms with van der Waals surface area (Å²) in [6, 6.07) is 12.3. The Bertz CT molecular complexity index is 942. The summed E-state index contributed by atoms with van der Waals surface area (Å²) in [7, 11) is 0. The van der Waals surface area contributed by atoms with Crippen LogP contribution in [0.15, 0.2) is 67.4 Å². The highest BCUT2D eigenvalue weighted by atomic mass is 15.3. The van der Waals surface area contributed by atoms with Gasteiger partial charge in [-0.2, -0.15) is 5.10 Å². The average molecular weight is 286 g/mol. The number of nitrogens with zero attached hydrogens (tertiary/aromatic N) is 4. The minimum Gasteiger partial charge on any atom is -0.264 e. The van der Waals surface area contributed by atoms with Gasteiger partial charge in [-0.3, -0.25) is 9.97 Å². The predicted octanol–water partition coefficient (Wildman–Crippen LogP) is 3.79.